The maximum Gasteiger partial charge on any atom is 0.355 e. The van der Waals surface area contributed by atoms with Crippen molar-refractivity contribution in [2.75, 3.05) is 0 Å². The summed E-state index contributed by atoms with van der Waals surface area (Å²) in [6.45, 7) is 0. The van der Waals surface area contributed by atoms with Crippen LogP contribution in [0.15, 0.2) is 10.8 Å². The largest absolute Gasteiger partial charge is 0.476 e. The fraction of sp³-hybridized carbons (Fsp3) is 0.333. The second kappa shape index (κ2) is 6.92. The summed E-state index contributed by atoms with van der Waals surface area (Å²) in [5.41, 5.74) is 11.9. The number of hydrogen-bond acceptors (Lipinski definition) is 8. The van der Waals surface area contributed by atoms with Gasteiger partial charge in [-0.2, -0.15) is 0 Å². The number of nitrogens with zero attached hydrogens (tertiary/aromatic N) is 2. The number of carboxylic acid groups (broad SMARTS) is 2. The van der Waals surface area contributed by atoms with Crippen LogP contribution in [-0.4, -0.2) is 32.1 Å². The van der Waals surface area contributed by atoms with Gasteiger partial charge in [0.05, 0.1) is 12.1 Å². The van der Waals surface area contributed by atoms with E-state index in [0.717, 1.165) is 0 Å². The van der Waals surface area contributed by atoms with Crippen molar-refractivity contribution >= 4 is 34.6 Å². The Morgan fingerprint density at radius 1 is 0.955 bits per heavy atom. The summed E-state index contributed by atoms with van der Waals surface area (Å²) in [4.78, 5) is 29.4. The number of thiazole rings is 2. The SMILES string of the molecule is N[C@@H](CC[C@H](N)c1nc(C(=O)O)cs1)c1nc(C(=O)O)cs1. The maximum absolute atomic E-state index is 10.8. The van der Waals surface area contributed by atoms with E-state index in [1.165, 1.54) is 33.4 Å². The molecule has 2 heterocycles. The number of aromatic carboxylic acids is 2. The number of nitrogens with two attached hydrogens (primary N) is 2. The molecule has 10 heteroatoms. The van der Waals surface area contributed by atoms with Crippen molar-refractivity contribution in [3.63, 3.8) is 0 Å². The topological polar surface area (TPSA) is 152 Å². The number of carboxylic acids is 2. The van der Waals surface area contributed by atoms with Gasteiger partial charge in [0, 0.05) is 10.8 Å². The molecule has 0 saturated carbocycles. The minimum Gasteiger partial charge on any atom is -0.476 e. The Hall–Kier alpha value is -1.88. The van der Waals surface area contributed by atoms with Gasteiger partial charge < -0.3 is 21.7 Å². The Balaban J connectivity index is 1.92. The Kier molecular flexibility index (Phi) is 5.19. The Labute approximate surface area is 133 Å². The van der Waals surface area contributed by atoms with Crippen LogP contribution in [0.2, 0.25) is 0 Å². The lowest BCUT2D eigenvalue weighted by atomic mass is 10.1. The maximum atomic E-state index is 10.8. The first-order chi connectivity index (χ1) is 10.4. The Morgan fingerprint density at radius 2 is 1.32 bits per heavy atom. The fourth-order valence-corrected chi connectivity index (χ4v) is 3.38. The highest BCUT2D eigenvalue weighted by Gasteiger charge is 2.18. The van der Waals surface area contributed by atoms with Crippen molar-refractivity contribution in [2.24, 2.45) is 11.5 Å². The van der Waals surface area contributed by atoms with Crippen LogP contribution in [0.5, 0.6) is 0 Å². The van der Waals surface area contributed by atoms with E-state index >= 15 is 0 Å². The van der Waals surface area contributed by atoms with E-state index in [4.69, 9.17) is 21.7 Å². The van der Waals surface area contributed by atoms with E-state index in [-0.39, 0.29) is 11.4 Å². The van der Waals surface area contributed by atoms with Gasteiger partial charge in [-0.05, 0) is 12.8 Å². The lowest BCUT2D eigenvalue weighted by Gasteiger charge is -2.12. The van der Waals surface area contributed by atoms with Gasteiger partial charge in [0.1, 0.15) is 10.0 Å². The molecule has 0 fully saturated rings. The third-order valence-corrected chi connectivity index (χ3v) is 4.86. The van der Waals surface area contributed by atoms with Gasteiger partial charge in [0.2, 0.25) is 0 Å². The molecule has 22 heavy (non-hydrogen) atoms. The van der Waals surface area contributed by atoms with Crippen LogP contribution in [0, 0.1) is 0 Å². The van der Waals surface area contributed by atoms with Crippen LogP contribution in [0.1, 0.15) is 55.9 Å². The fourth-order valence-electron chi connectivity index (χ4n) is 1.72. The summed E-state index contributed by atoms with van der Waals surface area (Å²) in [5, 5.41) is 21.6. The van der Waals surface area contributed by atoms with Gasteiger partial charge in [-0.25, -0.2) is 19.6 Å². The quantitative estimate of drug-likeness (QED) is 0.590. The van der Waals surface area contributed by atoms with E-state index in [1.807, 2.05) is 0 Å². The van der Waals surface area contributed by atoms with E-state index in [1.54, 1.807) is 0 Å². The van der Waals surface area contributed by atoms with Crippen molar-refractivity contribution in [1.82, 2.24) is 9.97 Å². The predicted octanol–water partition coefficient (Wildman–Crippen LogP) is 1.48. The average molecular weight is 342 g/mol. The van der Waals surface area contributed by atoms with E-state index in [9.17, 15) is 9.59 Å². The predicted molar refractivity (Wildman–Crippen MR) is 81.2 cm³/mol. The molecule has 0 unspecified atom stereocenters. The number of hydrogen-bond donors (Lipinski definition) is 4. The third kappa shape index (κ3) is 3.85. The van der Waals surface area contributed by atoms with E-state index < -0.39 is 24.0 Å². The molecule has 0 aliphatic rings. The van der Waals surface area contributed by atoms with Crippen LogP contribution in [0.3, 0.4) is 0 Å². The summed E-state index contributed by atoms with van der Waals surface area (Å²) in [6, 6.07) is -0.828. The molecule has 2 aromatic heterocycles. The number of carbonyl (C=O) groups is 2. The third-order valence-electron chi connectivity index (χ3n) is 2.91. The van der Waals surface area contributed by atoms with Gasteiger partial charge >= 0.3 is 11.9 Å². The van der Waals surface area contributed by atoms with Crippen molar-refractivity contribution < 1.29 is 19.8 Å². The molecule has 0 spiro atoms. The lowest BCUT2D eigenvalue weighted by Crippen LogP contribution is -2.16. The van der Waals surface area contributed by atoms with Gasteiger partial charge in [-0.1, -0.05) is 0 Å². The zero-order valence-corrected chi connectivity index (χ0v) is 12.9. The molecule has 0 amide bonds. The smallest absolute Gasteiger partial charge is 0.355 e. The van der Waals surface area contributed by atoms with Gasteiger partial charge in [0.25, 0.3) is 0 Å². The first kappa shape index (κ1) is 16.5. The Morgan fingerprint density at radius 3 is 1.59 bits per heavy atom. The molecule has 8 nitrogen and oxygen atoms in total. The molecule has 2 rings (SSSR count). The molecule has 0 aromatic carbocycles. The molecule has 0 radical (unpaired) electrons. The number of rotatable bonds is 7. The summed E-state index contributed by atoms with van der Waals surface area (Å²) in [5.74, 6) is -2.18. The first-order valence-corrected chi connectivity index (χ1v) is 8.03. The highest BCUT2D eigenvalue weighted by atomic mass is 32.1. The number of aromatic nitrogens is 2. The zero-order chi connectivity index (χ0) is 16.3. The van der Waals surface area contributed by atoms with Crippen LogP contribution in [0.25, 0.3) is 0 Å². The highest BCUT2D eigenvalue weighted by molar-refractivity contribution is 7.10. The second-order valence-corrected chi connectivity index (χ2v) is 6.32. The van der Waals surface area contributed by atoms with E-state index in [0.29, 0.717) is 22.9 Å². The molecule has 0 saturated heterocycles. The monoisotopic (exact) mass is 342 g/mol. The molecule has 6 N–H and O–H groups in total. The molecule has 0 bridgehead atoms. The van der Waals surface area contributed by atoms with Crippen molar-refractivity contribution in [3.8, 4) is 0 Å². The minimum atomic E-state index is -1.09. The van der Waals surface area contributed by atoms with Gasteiger partial charge in [-0.3, -0.25) is 0 Å². The summed E-state index contributed by atoms with van der Waals surface area (Å²) in [7, 11) is 0. The molecular formula is C12H14N4O4S2. The lowest BCUT2D eigenvalue weighted by molar-refractivity contribution is 0.0680. The summed E-state index contributed by atoms with van der Waals surface area (Å²) >= 11 is 2.39. The van der Waals surface area contributed by atoms with Crippen molar-refractivity contribution in [2.45, 2.75) is 24.9 Å². The zero-order valence-electron chi connectivity index (χ0n) is 11.3. The van der Waals surface area contributed by atoms with Crippen LogP contribution < -0.4 is 11.5 Å². The summed E-state index contributed by atoms with van der Waals surface area (Å²) < 4.78 is 0. The first-order valence-electron chi connectivity index (χ1n) is 6.27. The van der Waals surface area contributed by atoms with Crippen LogP contribution >= 0.6 is 22.7 Å². The normalized spacial score (nSPS) is 13.7. The van der Waals surface area contributed by atoms with E-state index in [2.05, 4.69) is 9.97 Å². The molecular weight excluding hydrogens is 328 g/mol. The molecule has 0 aliphatic carbocycles. The Bertz CT molecular complexity index is 626. The summed E-state index contributed by atoms with van der Waals surface area (Å²) in [6.07, 6.45) is 0.992. The van der Waals surface area contributed by atoms with Gasteiger partial charge in [-0.15, -0.1) is 22.7 Å². The second-order valence-electron chi connectivity index (χ2n) is 4.54. The molecule has 118 valence electrons. The van der Waals surface area contributed by atoms with Crippen LogP contribution in [0.4, 0.5) is 0 Å². The van der Waals surface area contributed by atoms with Crippen LogP contribution in [-0.2, 0) is 0 Å². The van der Waals surface area contributed by atoms with Gasteiger partial charge in [0.15, 0.2) is 11.4 Å². The minimum absolute atomic E-state index is 0.0224. The molecule has 2 atom stereocenters. The van der Waals surface area contributed by atoms with Crippen molar-refractivity contribution in [3.05, 3.63) is 32.2 Å². The standard InChI is InChI=1S/C12H14N4O4S2/c13-5(9-15-7(3-21-9)11(17)18)1-2-6(14)10-16-8(4-22-10)12(19)20/h3-6H,1-2,13-14H2,(H,17,18)(H,19,20)/t5-,6-/m0/s1. The van der Waals surface area contributed by atoms with Crippen molar-refractivity contribution in [1.29, 1.82) is 0 Å². The molecule has 2 aromatic rings. The average Bonchev–Trinajstić information content (AvgIpc) is 3.12. The molecule has 0 aliphatic heterocycles. The highest BCUT2D eigenvalue weighted by Crippen LogP contribution is 2.26.